The summed E-state index contributed by atoms with van der Waals surface area (Å²) in [6.07, 6.45) is 8.52. The highest BCUT2D eigenvalue weighted by Crippen LogP contribution is 2.34. The van der Waals surface area contributed by atoms with Crippen molar-refractivity contribution >= 4 is 0 Å². The Balaban J connectivity index is 2.27. The highest BCUT2D eigenvalue weighted by Gasteiger charge is 2.34. The van der Waals surface area contributed by atoms with Crippen molar-refractivity contribution in [2.75, 3.05) is 32.9 Å². The lowest BCUT2D eigenvalue weighted by atomic mass is 9.79. The molecule has 1 aliphatic rings. The summed E-state index contributed by atoms with van der Waals surface area (Å²) >= 11 is 0. The molecule has 0 heterocycles. The minimum Gasteiger partial charge on any atom is -0.379 e. The second-order valence-electron chi connectivity index (χ2n) is 6.36. The van der Waals surface area contributed by atoms with Crippen LogP contribution >= 0.6 is 0 Å². The van der Waals surface area contributed by atoms with Gasteiger partial charge in [-0.15, -0.1) is 0 Å². The number of unbranched alkanes of at least 4 members (excludes halogenated alkanes) is 1. The molecule has 0 aromatic carbocycles. The van der Waals surface area contributed by atoms with E-state index in [4.69, 9.17) is 9.47 Å². The van der Waals surface area contributed by atoms with Crippen molar-refractivity contribution in [3.05, 3.63) is 0 Å². The van der Waals surface area contributed by atoms with E-state index in [1.54, 1.807) is 0 Å². The number of hydrogen-bond acceptors (Lipinski definition) is 3. The maximum Gasteiger partial charge on any atom is 0.0807 e. The van der Waals surface area contributed by atoms with Crippen molar-refractivity contribution in [1.82, 2.24) is 5.32 Å². The van der Waals surface area contributed by atoms with E-state index < -0.39 is 0 Å². The van der Waals surface area contributed by atoms with E-state index in [1.807, 2.05) is 0 Å². The molecule has 20 heavy (non-hydrogen) atoms. The van der Waals surface area contributed by atoms with Crippen LogP contribution in [0.3, 0.4) is 0 Å². The van der Waals surface area contributed by atoms with E-state index in [9.17, 15) is 0 Å². The third kappa shape index (κ3) is 7.05. The maximum atomic E-state index is 6.26. The van der Waals surface area contributed by atoms with Crippen LogP contribution in [0.4, 0.5) is 0 Å². The standard InChI is InChI=1S/C17H35NO2/c1-4-6-12-19-13-14-20-17(15-18-11-5-2)9-7-16(3)8-10-17/h16,18H,4-15H2,1-3H3. The zero-order valence-corrected chi connectivity index (χ0v) is 13.9. The fourth-order valence-electron chi connectivity index (χ4n) is 2.82. The van der Waals surface area contributed by atoms with Crippen molar-refractivity contribution in [1.29, 1.82) is 0 Å². The predicted molar refractivity (Wildman–Crippen MR) is 85.2 cm³/mol. The van der Waals surface area contributed by atoms with E-state index in [0.717, 1.165) is 45.2 Å². The molecule has 1 N–H and O–H groups in total. The van der Waals surface area contributed by atoms with Crippen LogP contribution in [0.2, 0.25) is 0 Å². The van der Waals surface area contributed by atoms with Gasteiger partial charge in [0.05, 0.1) is 18.8 Å². The summed E-state index contributed by atoms with van der Waals surface area (Å²) in [6.45, 7) is 11.2. The molecule has 3 nitrogen and oxygen atoms in total. The fourth-order valence-corrected chi connectivity index (χ4v) is 2.82. The molecule has 1 fully saturated rings. The molecule has 0 atom stereocenters. The molecule has 0 bridgehead atoms. The molecule has 0 aliphatic heterocycles. The van der Waals surface area contributed by atoms with Gasteiger partial charge in [0.15, 0.2) is 0 Å². The molecule has 0 aromatic rings. The summed E-state index contributed by atoms with van der Waals surface area (Å²) in [5.74, 6) is 0.860. The molecular weight excluding hydrogens is 250 g/mol. The summed E-state index contributed by atoms with van der Waals surface area (Å²) in [5.41, 5.74) is 0.0653. The summed E-state index contributed by atoms with van der Waals surface area (Å²) in [5, 5.41) is 3.56. The van der Waals surface area contributed by atoms with Crippen LogP contribution in [0.25, 0.3) is 0 Å². The van der Waals surface area contributed by atoms with Gasteiger partial charge in [-0.3, -0.25) is 0 Å². The fraction of sp³-hybridized carbons (Fsp3) is 1.00. The topological polar surface area (TPSA) is 30.5 Å². The Labute approximate surface area is 125 Å². The third-order valence-electron chi connectivity index (χ3n) is 4.34. The first-order valence-corrected chi connectivity index (χ1v) is 8.65. The summed E-state index contributed by atoms with van der Waals surface area (Å²) in [7, 11) is 0. The maximum absolute atomic E-state index is 6.26. The van der Waals surface area contributed by atoms with Gasteiger partial charge in [-0.05, 0) is 51.0 Å². The lowest BCUT2D eigenvalue weighted by Gasteiger charge is -2.39. The van der Waals surface area contributed by atoms with Gasteiger partial charge in [0.25, 0.3) is 0 Å². The molecule has 0 saturated heterocycles. The molecule has 0 radical (unpaired) electrons. The molecular formula is C17H35NO2. The van der Waals surface area contributed by atoms with E-state index >= 15 is 0 Å². The van der Waals surface area contributed by atoms with Gasteiger partial charge in [0, 0.05) is 13.2 Å². The first-order valence-electron chi connectivity index (χ1n) is 8.65. The van der Waals surface area contributed by atoms with Gasteiger partial charge in [0.2, 0.25) is 0 Å². The van der Waals surface area contributed by atoms with Crippen LogP contribution in [-0.2, 0) is 9.47 Å². The molecule has 1 rings (SSSR count). The molecule has 0 spiro atoms. The number of rotatable bonds is 11. The Morgan fingerprint density at radius 2 is 1.80 bits per heavy atom. The second kappa shape index (κ2) is 10.6. The smallest absolute Gasteiger partial charge is 0.0807 e. The molecule has 0 aromatic heterocycles. The molecule has 120 valence electrons. The van der Waals surface area contributed by atoms with Gasteiger partial charge >= 0.3 is 0 Å². The number of hydrogen-bond donors (Lipinski definition) is 1. The highest BCUT2D eigenvalue weighted by molar-refractivity contribution is 4.88. The molecule has 3 heteroatoms. The van der Waals surface area contributed by atoms with E-state index in [0.29, 0.717) is 0 Å². The van der Waals surface area contributed by atoms with Crippen LogP contribution in [0.1, 0.15) is 65.7 Å². The Hall–Kier alpha value is -0.120. The van der Waals surface area contributed by atoms with Gasteiger partial charge in [0.1, 0.15) is 0 Å². The third-order valence-corrected chi connectivity index (χ3v) is 4.34. The minimum atomic E-state index is 0.0653. The summed E-state index contributed by atoms with van der Waals surface area (Å²) < 4.78 is 11.9. The van der Waals surface area contributed by atoms with Gasteiger partial charge in [-0.2, -0.15) is 0 Å². The Morgan fingerprint density at radius 1 is 1.05 bits per heavy atom. The average molecular weight is 285 g/mol. The minimum absolute atomic E-state index is 0.0653. The lowest BCUT2D eigenvalue weighted by Crippen LogP contribution is -2.46. The normalized spacial score (nSPS) is 26.9. The zero-order valence-electron chi connectivity index (χ0n) is 13.9. The van der Waals surface area contributed by atoms with Crippen molar-refractivity contribution < 1.29 is 9.47 Å². The molecule has 0 amide bonds. The van der Waals surface area contributed by atoms with Crippen molar-refractivity contribution in [3.8, 4) is 0 Å². The molecule has 0 unspecified atom stereocenters. The van der Waals surface area contributed by atoms with Crippen LogP contribution < -0.4 is 5.32 Å². The van der Waals surface area contributed by atoms with Crippen molar-refractivity contribution in [3.63, 3.8) is 0 Å². The Morgan fingerprint density at radius 3 is 2.45 bits per heavy atom. The van der Waals surface area contributed by atoms with Crippen molar-refractivity contribution in [2.45, 2.75) is 71.3 Å². The first-order chi connectivity index (χ1) is 9.72. The van der Waals surface area contributed by atoms with Gasteiger partial charge < -0.3 is 14.8 Å². The molecule has 1 saturated carbocycles. The predicted octanol–water partition coefficient (Wildman–Crippen LogP) is 3.77. The van der Waals surface area contributed by atoms with Crippen LogP contribution in [0.5, 0.6) is 0 Å². The van der Waals surface area contributed by atoms with E-state index in [2.05, 4.69) is 26.1 Å². The quantitative estimate of drug-likeness (QED) is 0.586. The highest BCUT2D eigenvalue weighted by atomic mass is 16.5. The summed E-state index contributed by atoms with van der Waals surface area (Å²) in [6, 6.07) is 0. The van der Waals surface area contributed by atoms with E-state index in [1.165, 1.54) is 38.5 Å². The van der Waals surface area contributed by atoms with E-state index in [-0.39, 0.29) is 5.60 Å². The first kappa shape index (κ1) is 17.9. The number of ether oxygens (including phenoxy) is 2. The van der Waals surface area contributed by atoms with Crippen molar-refractivity contribution in [2.24, 2.45) is 5.92 Å². The van der Waals surface area contributed by atoms with Gasteiger partial charge in [-0.25, -0.2) is 0 Å². The second-order valence-corrected chi connectivity index (χ2v) is 6.36. The SMILES string of the molecule is CCCCOCCOC1(CNCCC)CCC(C)CC1. The molecule has 1 aliphatic carbocycles. The van der Waals surface area contributed by atoms with Crippen LogP contribution in [0.15, 0.2) is 0 Å². The van der Waals surface area contributed by atoms with Crippen LogP contribution in [0, 0.1) is 5.92 Å². The Kier molecular flexibility index (Phi) is 9.49. The monoisotopic (exact) mass is 285 g/mol. The lowest BCUT2D eigenvalue weighted by molar-refractivity contribution is -0.0916. The Bertz CT molecular complexity index is 225. The zero-order chi connectivity index (χ0) is 14.7. The van der Waals surface area contributed by atoms with Crippen LogP contribution in [-0.4, -0.2) is 38.5 Å². The van der Waals surface area contributed by atoms with Gasteiger partial charge in [-0.1, -0.05) is 27.2 Å². The number of nitrogens with one attached hydrogen (secondary N) is 1. The average Bonchev–Trinajstić information content (AvgIpc) is 2.46. The summed E-state index contributed by atoms with van der Waals surface area (Å²) in [4.78, 5) is 0. The largest absolute Gasteiger partial charge is 0.379 e.